The molecule has 10 nitrogen and oxygen atoms in total. The highest BCUT2D eigenvalue weighted by molar-refractivity contribution is 7.82. The van der Waals surface area contributed by atoms with Gasteiger partial charge in [-0.15, -0.1) is 0 Å². The van der Waals surface area contributed by atoms with E-state index in [1.54, 1.807) is 0 Å². The summed E-state index contributed by atoms with van der Waals surface area (Å²) in [4.78, 5) is 0. The molecule has 2 heterocycles. The highest BCUT2D eigenvalue weighted by Crippen LogP contribution is 2.46. The SMILES string of the molecule is O=S1(=O)O[C@@]2(O)[C@@H](O)[C@@H](O)O[C@H](CO)[C@@]2(O)O1. The standard InChI is InChI=1S/C6H10O10S/c7-1-2-5(10)6(11,3(8)4(9)14-2)16-17(12,13)15-5/h2-4,7-11H,1H2/t2-,3+,4+,5-,6+/m1/s1. The van der Waals surface area contributed by atoms with Crippen LogP contribution in [0.1, 0.15) is 0 Å². The first-order chi connectivity index (χ1) is 7.66. The number of aliphatic hydroxyl groups is 5. The predicted octanol–water partition coefficient (Wildman–Crippen LogP) is -4.27. The van der Waals surface area contributed by atoms with E-state index in [0.717, 1.165) is 0 Å². The number of aliphatic hydroxyl groups excluding tert-OH is 3. The Labute approximate surface area is 94.9 Å². The van der Waals surface area contributed by atoms with Crippen LogP contribution in [0.4, 0.5) is 0 Å². The summed E-state index contributed by atoms with van der Waals surface area (Å²) in [6.45, 7) is -0.999. The van der Waals surface area contributed by atoms with Crippen molar-refractivity contribution >= 4 is 10.4 Å². The van der Waals surface area contributed by atoms with Crippen LogP contribution < -0.4 is 0 Å². The number of hydrogen-bond donors (Lipinski definition) is 5. The van der Waals surface area contributed by atoms with Crippen LogP contribution in [0.3, 0.4) is 0 Å². The largest absolute Gasteiger partial charge is 0.405 e. The molecule has 0 aromatic carbocycles. The zero-order valence-corrected chi connectivity index (χ0v) is 8.94. The summed E-state index contributed by atoms with van der Waals surface area (Å²) in [7, 11) is -4.81. The topological polar surface area (TPSA) is 163 Å². The van der Waals surface area contributed by atoms with Gasteiger partial charge in [0.2, 0.25) is 0 Å². The minimum absolute atomic E-state index is 0.999. The number of rotatable bonds is 1. The monoisotopic (exact) mass is 274 g/mol. The molecule has 2 aliphatic rings. The summed E-state index contributed by atoms with van der Waals surface area (Å²) >= 11 is 0. The molecular formula is C6H10O10S. The molecule has 0 bridgehead atoms. The van der Waals surface area contributed by atoms with Crippen LogP contribution in [0, 0.1) is 0 Å². The van der Waals surface area contributed by atoms with E-state index < -0.39 is 47.1 Å². The second kappa shape index (κ2) is 3.57. The van der Waals surface area contributed by atoms with Gasteiger partial charge in [0.1, 0.15) is 6.10 Å². The first-order valence-corrected chi connectivity index (χ1v) is 5.73. The Bertz CT molecular complexity index is 405. The average Bonchev–Trinajstić information content (AvgIpc) is 2.40. The quantitative estimate of drug-likeness (QED) is 0.316. The van der Waals surface area contributed by atoms with Gasteiger partial charge >= 0.3 is 10.4 Å². The van der Waals surface area contributed by atoms with Gasteiger partial charge < -0.3 is 30.3 Å². The lowest BCUT2D eigenvalue weighted by atomic mass is 9.91. The first-order valence-electron chi connectivity index (χ1n) is 4.40. The molecule has 0 aromatic heterocycles. The van der Waals surface area contributed by atoms with Crippen molar-refractivity contribution in [2.45, 2.75) is 30.1 Å². The maximum absolute atomic E-state index is 11.0. The zero-order chi connectivity index (χ0) is 13.1. The third-order valence-corrected chi connectivity index (χ3v) is 3.46. The number of hydrogen-bond acceptors (Lipinski definition) is 10. The van der Waals surface area contributed by atoms with E-state index in [9.17, 15) is 28.8 Å². The van der Waals surface area contributed by atoms with Crippen LogP contribution >= 0.6 is 0 Å². The summed E-state index contributed by atoms with van der Waals surface area (Å²) < 4.78 is 34.6. The Balaban J connectivity index is 2.52. The molecule has 5 N–H and O–H groups in total. The average molecular weight is 274 g/mol. The van der Waals surface area contributed by atoms with Crippen LogP contribution in [0.25, 0.3) is 0 Å². The Morgan fingerprint density at radius 1 is 1.12 bits per heavy atom. The second-order valence-corrected chi connectivity index (χ2v) is 4.76. The summed E-state index contributed by atoms with van der Waals surface area (Å²) in [5, 5.41) is 47.0. The smallest absolute Gasteiger partial charge is 0.393 e. The van der Waals surface area contributed by atoms with E-state index in [1.807, 2.05) is 0 Å². The Hall–Kier alpha value is -0.370. The van der Waals surface area contributed by atoms with Crippen molar-refractivity contribution in [3.05, 3.63) is 0 Å². The molecule has 2 rings (SSSR count). The van der Waals surface area contributed by atoms with Crippen LogP contribution in [0.2, 0.25) is 0 Å². The van der Waals surface area contributed by atoms with E-state index in [4.69, 9.17) is 5.11 Å². The molecule has 11 heteroatoms. The van der Waals surface area contributed by atoms with Gasteiger partial charge in [0.15, 0.2) is 12.4 Å². The molecule has 0 spiro atoms. The fourth-order valence-electron chi connectivity index (χ4n) is 1.69. The summed E-state index contributed by atoms with van der Waals surface area (Å²) in [5.74, 6) is -6.23. The van der Waals surface area contributed by atoms with Crippen molar-refractivity contribution in [1.29, 1.82) is 0 Å². The van der Waals surface area contributed by atoms with Gasteiger partial charge in [-0.3, -0.25) is 0 Å². The molecule has 0 saturated carbocycles. The molecule has 5 atom stereocenters. The summed E-state index contributed by atoms with van der Waals surface area (Å²) in [5.41, 5.74) is 0. The van der Waals surface area contributed by atoms with E-state index >= 15 is 0 Å². The highest BCUT2D eigenvalue weighted by Gasteiger charge is 2.75. The van der Waals surface area contributed by atoms with Gasteiger partial charge in [0, 0.05) is 0 Å². The Kier molecular flexibility index (Phi) is 2.74. The van der Waals surface area contributed by atoms with E-state index in [-0.39, 0.29) is 0 Å². The van der Waals surface area contributed by atoms with Crippen LogP contribution in [0.15, 0.2) is 0 Å². The molecule has 100 valence electrons. The lowest BCUT2D eigenvalue weighted by Crippen LogP contribution is -2.73. The maximum Gasteiger partial charge on any atom is 0.405 e. The van der Waals surface area contributed by atoms with Crippen molar-refractivity contribution in [2.75, 3.05) is 6.61 Å². The third-order valence-electron chi connectivity index (χ3n) is 2.55. The Morgan fingerprint density at radius 2 is 1.65 bits per heavy atom. The molecule has 0 radical (unpaired) electrons. The van der Waals surface area contributed by atoms with Gasteiger partial charge in [-0.25, -0.2) is 8.37 Å². The fourth-order valence-corrected chi connectivity index (χ4v) is 2.79. The molecule has 17 heavy (non-hydrogen) atoms. The van der Waals surface area contributed by atoms with Crippen LogP contribution in [-0.2, 0) is 23.5 Å². The van der Waals surface area contributed by atoms with Crippen molar-refractivity contribution < 1.29 is 47.1 Å². The van der Waals surface area contributed by atoms with Gasteiger partial charge in [0.25, 0.3) is 11.6 Å². The van der Waals surface area contributed by atoms with E-state index in [1.165, 1.54) is 0 Å². The zero-order valence-electron chi connectivity index (χ0n) is 8.12. The van der Waals surface area contributed by atoms with Gasteiger partial charge in [-0.05, 0) is 0 Å². The predicted molar refractivity (Wildman–Crippen MR) is 45.0 cm³/mol. The molecule has 2 aliphatic heterocycles. The molecule has 0 aromatic rings. The van der Waals surface area contributed by atoms with Crippen molar-refractivity contribution in [2.24, 2.45) is 0 Å². The second-order valence-electron chi connectivity index (χ2n) is 3.61. The van der Waals surface area contributed by atoms with E-state index in [2.05, 4.69) is 13.1 Å². The van der Waals surface area contributed by atoms with E-state index in [0.29, 0.717) is 0 Å². The number of fused-ring (bicyclic) bond motifs is 1. The lowest BCUT2D eigenvalue weighted by Gasteiger charge is -2.45. The van der Waals surface area contributed by atoms with Gasteiger partial charge in [0.05, 0.1) is 6.61 Å². The van der Waals surface area contributed by atoms with Crippen LogP contribution in [-0.4, -0.2) is 70.6 Å². The van der Waals surface area contributed by atoms with Crippen molar-refractivity contribution in [3.8, 4) is 0 Å². The normalized spacial score (nSPS) is 53.4. The van der Waals surface area contributed by atoms with Gasteiger partial charge in [-0.2, -0.15) is 8.42 Å². The molecule has 0 unspecified atom stereocenters. The lowest BCUT2D eigenvalue weighted by molar-refractivity contribution is -0.430. The highest BCUT2D eigenvalue weighted by atomic mass is 32.3. The molecule has 2 saturated heterocycles. The van der Waals surface area contributed by atoms with Crippen molar-refractivity contribution in [1.82, 2.24) is 0 Å². The summed E-state index contributed by atoms with van der Waals surface area (Å²) in [6.07, 6.45) is -6.22. The third kappa shape index (κ3) is 1.60. The van der Waals surface area contributed by atoms with Crippen LogP contribution in [0.5, 0.6) is 0 Å². The summed E-state index contributed by atoms with van der Waals surface area (Å²) in [6, 6.07) is 0. The van der Waals surface area contributed by atoms with Crippen molar-refractivity contribution in [3.63, 3.8) is 0 Å². The first kappa shape index (κ1) is 13.1. The minimum Gasteiger partial charge on any atom is -0.393 e. The van der Waals surface area contributed by atoms with Gasteiger partial charge in [-0.1, -0.05) is 0 Å². The molecule has 0 aliphatic carbocycles. The fraction of sp³-hybridized carbons (Fsp3) is 1.00. The molecule has 2 fully saturated rings. The minimum atomic E-state index is -4.81. The maximum atomic E-state index is 11.0. The molecular weight excluding hydrogens is 264 g/mol. The molecule has 0 amide bonds. The Morgan fingerprint density at radius 3 is 2.18 bits per heavy atom. The number of ether oxygens (including phenoxy) is 1.